The van der Waals surface area contributed by atoms with Gasteiger partial charge in [-0.15, -0.1) is 0 Å². The Bertz CT molecular complexity index is 1200. The lowest BCUT2D eigenvalue weighted by atomic mass is 9.83. The Morgan fingerprint density at radius 3 is 1.83 bits per heavy atom. The smallest absolute Gasteiger partial charge is 0.283 e. The number of phenolic OH excluding ortho intramolecular Hbond substituents is 2. The Labute approximate surface area is 186 Å². The van der Waals surface area contributed by atoms with Crippen LogP contribution >= 0.6 is 46.4 Å². The zero-order valence-electron chi connectivity index (χ0n) is 14.3. The number of halogens is 4. The van der Waals surface area contributed by atoms with Crippen molar-refractivity contribution < 1.29 is 23.2 Å². The maximum Gasteiger partial charge on any atom is 0.283 e. The van der Waals surface area contributed by atoms with Crippen LogP contribution < -0.4 is 0 Å². The Balaban J connectivity index is 2.61. The molecule has 0 aliphatic rings. The average molecular weight is 494 g/mol. The van der Waals surface area contributed by atoms with Crippen LogP contribution in [0.25, 0.3) is 0 Å². The van der Waals surface area contributed by atoms with Gasteiger partial charge >= 0.3 is 0 Å². The van der Waals surface area contributed by atoms with Crippen molar-refractivity contribution in [3.8, 4) is 11.5 Å². The Kier molecular flexibility index (Phi) is 5.98. The Morgan fingerprint density at radius 1 is 0.724 bits per heavy atom. The standard InChI is InChI=1S/C19H12Cl4O5S/c20-12-4-1-10(2-5-12)19(29(26,27)28,11-3-7-15(24)14(22)9-11)17-13(21)6-8-16(25)18(17)23/h1-9,24-25H,(H,26,27,28). The molecular formula is C19H12Cl4O5S. The van der Waals surface area contributed by atoms with Crippen LogP contribution in [-0.4, -0.2) is 23.2 Å². The highest BCUT2D eigenvalue weighted by Crippen LogP contribution is 2.51. The number of phenols is 2. The first kappa shape index (κ1) is 22.0. The summed E-state index contributed by atoms with van der Waals surface area (Å²) in [5, 5.41) is 19.6. The van der Waals surface area contributed by atoms with Gasteiger partial charge in [0.15, 0.2) is 4.75 Å². The van der Waals surface area contributed by atoms with Gasteiger partial charge in [0.2, 0.25) is 0 Å². The molecule has 152 valence electrons. The first-order chi connectivity index (χ1) is 13.5. The summed E-state index contributed by atoms with van der Waals surface area (Å²) in [4.78, 5) is 0. The third-order valence-electron chi connectivity index (χ3n) is 4.41. The van der Waals surface area contributed by atoms with Crippen LogP contribution in [0.15, 0.2) is 54.6 Å². The quantitative estimate of drug-likeness (QED) is 0.311. The number of benzene rings is 3. The molecule has 3 aromatic carbocycles. The highest BCUT2D eigenvalue weighted by atomic mass is 35.5. The fourth-order valence-electron chi connectivity index (χ4n) is 3.16. The van der Waals surface area contributed by atoms with Crippen LogP contribution in [0.4, 0.5) is 0 Å². The van der Waals surface area contributed by atoms with Crippen LogP contribution in [0.5, 0.6) is 11.5 Å². The van der Waals surface area contributed by atoms with Crippen LogP contribution in [0, 0.1) is 0 Å². The van der Waals surface area contributed by atoms with Gasteiger partial charge in [0.05, 0.1) is 10.0 Å². The van der Waals surface area contributed by atoms with Crippen molar-refractivity contribution in [2.75, 3.05) is 0 Å². The van der Waals surface area contributed by atoms with Gasteiger partial charge in [0.25, 0.3) is 10.1 Å². The number of rotatable bonds is 4. The van der Waals surface area contributed by atoms with Crippen molar-refractivity contribution in [2.45, 2.75) is 4.75 Å². The number of hydrogen-bond donors (Lipinski definition) is 3. The van der Waals surface area contributed by atoms with Crippen molar-refractivity contribution in [2.24, 2.45) is 0 Å². The maximum absolute atomic E-state index is 13.0. The van der Waals surface area contributed by atoms with Gasteiger partial charge in [0, 0.05) is 15.6 Å². The molecule has 3 aromatic rings. The van der Waals surface area contributed by atoms with Gasteiger partial charge in [-0.05, 0) is 47.5 Å². The average Bonchev–Trinajstić information content (AvgIpc) is 2.64. The third-order valence-corrected chi connectivity index (χ3v) is 7.12. The summed E-state index contributed by atoms with van der Waals surface area (Å²) < 4.78 is 34.0. The molecule has 0 heterocycles. The molecule has 0 saturated heterocycles. The summed E-state index contributed by atoms with van der Waals surface area (Å²) in [6.07, 6.45) is 0. The first-order valence-corrected chi connectivity index (χ1v) is 10.8. The molecule has 0 aliphatic carbocycles. The molecule has 0 spiro atoms. The van der Waals surface area contributed by atoms with E-state index in [0.717, 1.165) is 12.1 Å². The van der Waals surface area contributed by atoms with Crippen molar-refractivity contribution in [1.82, 2.24) is 0 Å². The van der Waals surface area contributed by atoms with E-state index >= 15 is 0 Å². The summed E-state index contributed by atoms with van der Waals surface area (Å²) >= 11 is 24.5. The fraction of sp³-hybridized carbons (Fsp3) is 0.0526. The highest BCUT2D eigenvalue weighted by Gasteiger charge is 2.51. The molecular weight excluding hydrogens is 482 g/mol. The van der Waals surface area contributed by atoms with Gasteiger partial charge in [-0.1, -0.05) is 64.6 Å². The minimum absolute atomic E-state index is 0.0283. The van der Waals surface area contributed by atoms with E-state index in [9.17, 15) is 23.2 Å². The molecule has 0 fully saturated rings. The van der Waals surface area contributed by atoms with E-state index in [-0.39, 0.29) is 37.5 Å². The first-order valence-electron chi connectivity index (χ1n) is 7.89. The molecule has 1 atom stereocenters. The largest absolute Gasteiger partial charge is 0.506 e. The molecule has 1 unspecified atom stereocenters. The van der Waals surface area contributed by atoms with Crippen molar-refractivity contribution in [3.05, 3.63) is 91.4 Å². The lowest BCUT2D eigenvalue weighted by Gasteiger charge is -2.34. The molecule has 10 heteroatoms. The van der Waals surface area contributed by atoms with Crippen molar-refractivity contribution in [3.63, 3.8) is 0 Å². The molecule has 3 rings (SSSR count). The summed E-state index contributed by atoms with van der Waals surface area (Å²) in [5.74, 6) is -0.748. The van der Waals surface area contributed by atoms with Gasteiger partial charge in [0.1, 0.15) is 11.5 Å². The van der Waals surface area contributed by atoms with E-state index in [4.69, 9.17) is 46.4 Å². The Hall–Kier alpha value is -1.67. The second-order valence-electron chi connectivity index (χ2n) is 6.08. The molecule has 0 radical (unpaired) electrons. The molecule has 5 nitrogen and oxygen atoms in total. The minimum atomic E-state index is -5.05. The zero-order chi connectivity index (χ0) is 21.6. The van der Waals surface area contributed by atoms with Crippen LogP contribution in [0.3, 0.4) is 0 Å². The minimum Gasteiger partial charge on any atom is -0.506 e. The molecule has 3 N–H and O–H groups in total. The van der Waals surface area contributed by atoms with Crippen LogP contribution in [0.2, 0.25) is 20.1 Å². The molecule has 29 heavy (non-hydrogen) atoms. The molecule has 0 bridgehead atoms. The van der Waals surface area contributed by atoms with E-state index < -0.39 is 20.6 Å². The van der Waals surface area contributed by atoms with Gasteiger partial charge in [-0.25, -0.2) is 0 Å². The van der Waals surface area contributed by atoms with Crippen molar-refractivity contribution in [1.29, 1.82) is 0 Å². The summed E-state index contributed by atoms with van der Waals surface area (Å²) in [5.41, 5.74) is -0.326. The summed E-state index contributed by atoms with van der Waals surface area (Å²) in [7, 11) is -5.05. The van der Waals surface area contributed by atoms with E-state index in [1.807, 2.05) is 0 Å². The second kappa shape index (κ2) is 7.87. The van der Waals surface area contributed by atoms with E-state index in [0.29, 0.717) is 5.02 Å². The molecule has 0 saturated carbocycles. The van der Waals surface area contributed by atoms with E-state index in [1.165, 1.54) is 42.5 Å². The maximum atomic E-state index is 13.0. The predicted octanol–water partition coefficient (Wildman–Crippen LogP) is 5.89. The number of hydrogen-bond acceptors (Lipinski definition) is 4. The molecule has 0 aliphatic heterocycles. The molecule has 0 aromatic heterocycles. The highest BCUT2D eigenvalue weighted by molar-refractivity contribution is 7.87. The molecule has 0 amide bonds. The summed E-state index contributed by atoms with van der Waals surface area (Å²) in [6, 6.07) is 11.6. The summed E-state index contributed by atoms with van der Waals surface area (Å²) in [6.45, 7) is 0. The normalized spacial score (nSPS) is 13.8. The lowest BCUT2D eigenvalue weighted by molar-refractivity contribution is 0.455. The lowest BCUT2D eigenvalue weighted by Crippen LogP contribution is -2.39. The van der Waals surface area contributed by atoms with Gasteiger partial charge < -0.3 is 10.2 Å². The fourth-order valence-corrected chi connectivity index (χ4v) is 5.56. The van der Waals surface area contributed by atoms with Crippen LogP contribution in [0.1, 0.15) is 16.7 Å². The predicted molar refractivity (Wildman–Crippen MR) is 114 cm³/mol. The second-order valence-corrected chi connectivity index (χ2v) is 9.28. The third kappa shape index (κ3) is 3.65. The number of aromatic hydroxyl groups is 2. The topological polar surface area (TPSA) is 94.8 Å². The van der Waals surface area contributed by atoms with Gasteiger partial charge in [-0.2, -0.15) is 8.42 Å². The Morgan fingerprint density at radius 2 is 1.28 bits per heavy atom. The van der Waals surface area contributed by atoms with E-state index in [1.54, 1.807) is 0 Å². The zero-order valence-corrected chi connectivity index (χ0v) is 18.1. The van der Waals surface area contributed by atoms with Crippen molar-refractivity contribution >= 4 is 56.5 Å². The van der Waals surface area contributed by atoms with Gasteiger partial charge in [-0.3, -0.25) is 4.55 Å². The van der Waals surface area contributed by atoms with E-state index in [2.05, 4.69) is 0 Å². The SMILES string of the molecule is O=S(=O)(O)C(c1ccc(Cl)cc1)(c1ccc(O)c(Cl)c1)c1c(Cl)ccc(O)c1Cl. The monoisotopic (exact) mass is 492 g/mol. The van der Waals surface area contributed by atoms with Crippen LogP contribution in [-0.2, 0) is 14.9 Å².